The van der Waals surface area contributed by atoms with Crippen molar-refractivity contribution in [2.24, 2.45) is 0 Å². The van der Waals surface area contributed by atoms with Crippen LogP contribution in [-0.4, -0.2) is 14.8 Å². The summed E-state index contributed by atoms with van der Waals surface area (Å²) in [5.41, 5.74) is -0.0333. The van der Waals surface area contributed by atoms with E-state index in [2.05, 4.69) is 16.2 Å². The summed E-state index contributed by atoms with van der Waals surface area (Å²) in [6, 6.07) is 13.0. The molecule has 1 atom stereocenters. The van der Waals surface area contributed by atoms with E-state index in [0.29, 0.717) is 21.8 Å². The zero-order valence-electron chi connectivity index (χ0n) is 12.9. The molecule has 1 N–H and O–H groups in total. The Morgan fingerprint density at radius 3 is 2.38 bits per heavy atom. The van der Waals surface area contributed by atoms with E-state index in [1.165, 1.54) is 6.07 Å². The number of hydrogen-bond donors (Lipinski definition) is 1. The minimum Gasteiger partial charge on any atom is -0.271 e. The van der Waals surface area contributed by atoms with Crippen LogP contribution in [0, 0.1) is 11.3 Å². The van der Waals surface area contributed by atoms with E-state index in [9.17, 15) is 14.9 Å². The number of nitrogens with zero attached hydrogens (tertiary/aromatic N) is 3. The van der Waals surface area contributed by atoms with Crippen molar-refractivity contribution in [2.75, 3.05) is 0 Å². The number of hydrogen-bond acceptors (Lipinski definition) is 4. The van der Waals surface area contributed by atoms with Crippen LogP contribution in [0.2, 0.25) is 10.0 Å². The zero-order valence-corrected chi connectivity index (χ0v) is 15.2. The quantitative estimate of drug-likeness (QED) is 0.675. The topological polar surface area (TPSA) is 91.5 Å². The first-order valence-corrected chi connectivity index (χ1v) is 8.34. The molecule has 9 heteroatoms. The summed E-state index contributed by atoms with van der Waals surface area (Å²) < 4.78 is 1.02. The molecule has 0 aliphatic carbocycles. The summed E-state index contributed by atoms with van der Waals surface area (Å²) in [6.45, 7) is 0. The molecule has 0 fully saturated rings. The summed E-state index contributed by atoms with van der Waals surface area (Å²) in [5.74, 6) is 0. The Balaban J connectivity index is 2.07. The molecule has 130 valence electrons. The second-order valence-corrected chi connectivity index (χ2v) is 6.70. The van der Waals surface area contributed by atoms with Gasteiger partial charge < -0.3 is 0 Å². The molecule has 2 aromatic carbocycles. The van der Waals surface area contributed by atoms with Crippen molar-refractivity contribution in [3.8, 4) is 11.8 Å². The van der Waals surface area contributed by atoms with E-state index in [0.717, 1.165) is 10.9 Å². The lowest BCUT2D eigenvalue weighted by Gasteiger charge is -2.22. The normalized spacial score (nSPS) is 13.0. The van der Waals surface area contributed by atoms with Gasteiger partial charge in [0.05, 0.1) is 11.8 Å². The third-order valence-corrected chi connectivity index (χ3v) is 4.73. The minimum atomic E-state index is -1.54. The SMILES string of the molecule is N#CC(Cl)(c1ccc(-n2ncc(=O)[nH]c2=O)cc1)c1ccc(Cl)cc1Cl. The molecule has 1 heterocycles. The highest BCUT2D eigenvalue weighted by Crippen LogP contribution is 2.40. The van der Waals surface area contributed by atoms with Gasteiger partial charge >= 0.3 is 5.69 Å². The fraction of sp³-hybridized carbons (Fsp3) is 0.0588. The van der Waals surface area contributed by atoms with Crippen molar-refractivity contribution in [3.05, 3.63) is 90.7 Å². The highest BCUT2D eigenvalue weighted by atomic mass is 35.5. The van der Waals surface area contributed by atoms with Crippen molar-refractivity contribution < 1.29 is 0 Å². The summed E-state index contributed by atoms with van der Waals surface area (Å²) in [5, 5.41) is 14.1. The Kier molecular flexibility index (Phi) is 4.88. The highest BCUT2D eigenvalue weighted by Gasteiger charge is 2.34. The average molecular weight is 408 g/mol. The van der Waals surface area contributed by atoms with Gasteiger partial charge in [0, 0.05) is 15.6 Å². The van der Waals surface area contributed by atoms with E-state index >= 15 is 0 Å². The lowest BCUT2D eigenvalue weighted by Crippen LogP contribution is -2.30. The van der Waals surface area contributed by atoms with Gasteiger partial charge in [-0.25, -0.2) is 4.79 Å². The number of halogens is 3. The van der Waals surface area contributed by atoms with E-state index < -0.39 is 16.1 Å². The van der Waals surface area contributed by atoms with Gasteiger partial charge in [0.2, 0.25) is 0 Å². The molecule has 0 aliphatic heterocycles. The third kappa shape index (κ3) is 3.25. The number of nitrogens with one attached hydrogen (secondary N) is 1. The number of alkyl halides is 1. The van der Waals surface area contributed by atoms with E-state index in [1.54, 1.807) is 36.4 Å². The minimum absolute atomic E-state index is 0.261. The first-order chi connectivity index (χ1) is 12.3. The Morgan fingerprint density at radius 2 is 1.81 bits per heavy atom. The molecule has 6 nitrogen and oxygen atoms in total. The lowest BCUT2D eigenvalue weighted by atomic mass is 9.91. The number of rotatable bonds is 3. The summed E-state index contributed by atoms with van der Waals surface area (Å²) >= 11 is 18.7. The Morgan fingerprint density at radius 1 is 1.12 bits per heavy atom. The number of H-pyrrole nitrogens is 1. The molecule has 0 amide bonds. The monoisotopic (exact) mass is 406 g/mol. The summed E-state index contributed by atoms with van der Waals surface area (Å²) in [7, 11) is 0. The van der Waals surface area contributed by atoms with Gasteiger partial charge in [-0.1, -0.05) is 53.0 Å². The van der Waals surface area contributed by atoms with Crippen LogP contribution in [0.4, 0.5) is 0 Å². The van der Waals surface area contributed by atoms with Crippen molar-refractivity contribution in [3.63, 3.8) is 0 Å². The Labute approximate surface area is 162 Å². The van der Waals surface area contributed by atoms with Crippen molar-refractivity contribution in [1.29, 1.82) is 5.26 Å². The predicted octanol–water partition coefficient (Wildman–Crippen LogP) is 3.23. The van der Waals surface area contributed by atoms with Gasteiger partial charge in [0.25, 0.3) is 5.56 Å². The molecular weight excluding hydrogens is 399 g/mol. The van der Waals surface area contributed by atoms with Crippen LogP contribution in [0.5, 0.6) is 0 Å². The molecule has 26 heavy (non-hydrogen) atoms. The molecular formula is C17H9Cl3N4O2. The molecule has 0 spiro atoms. The predicted molar refractivity (Wildman–Crippen MR) is 99.2 cm³/mol. The van der Waals surface area contributed by atoms with Crippen LogP contribution in [0.15, 0.2) is 58.3 Å². The first-order valence-electron chi connectivity index (χ1n) is 7.20. The standard InChI is InChI=1S/C17H9Cl3N4O2/c18-11-3-6-13(14(19)7-11)17(20,9-21)10-1-4-12(5-2-10)24-16(26)23-15(25)8-22-24/h1-8H,(H,23,25,26). The number of benzene rings is 2. The largest absolute Gasteiger partial charge is 0.349 e. The molecule has 1 unspecified atom stereocenters. The smallest absolute Gasteiger partial charge is 0.271 e. The van der Waals surface area contributed by atoms with Crippen molar-refractivity contribution >= 4 is 34.8 Å². The molecule has 0 bridgehead atoms. The van der Waals surface area contributed by atoms with Crippen LogP contribution < -0.4 is 11.2 Å². The maximum atomic E-state index is 11.8. The van der Waals surface area contributed by atoms with E-state index in [1.807, 2.05) is 0 Å². The van der Waals surface area contributed by atoms with Crippen LogP contribution in [0.3, 0.4) is 0 Å². The third-order valence-electron chi connectivity index (χ3n) is 3.68. The van der Waals surface area contributed by atoms with Gasteiger partial charge in [-0.3, -0.25) is 9.78 Å². The Bertz CT molecular complexity index is 1130. The van der Waals surface area contributed by atoms with Crippen molar-refractivity contribution in [2.45, 2.75) is 4.87 Å². The number of nitriles is 1. The van der Waals surface area contributed by atoms with E-state index in [4.69, 9.17) is 34.8 Å². The highest BCUT2D eigenvalue weighted by molar-refractivity contribution is 6.37. The number of aromatic nitrogens is 3. The van der Waals surface area contributed by atoms with Gasteiger partial charge in [-0.05, 0) is 29.8 Å². The molecule has 3 aromatic rings. The van der Waals surface area contributed by atoms with E-state index in [-0.39, 0.29) is 5.02 Å². The van der Waals surface area contributed by atoms with Gasteiger partial charge in [-0.2, -0.15) is 15.0 Å². The summed E-state index contributed by atoms with van der Waals surface area (Å²) in [6.07, 6.45) is 0.990. The second-order valence-electron chi connectivity index (χ2n) is 5.29. The molecule has 0 saturated heterocycles. The van der Waals surface area contributed by atoms with Crippen LogP contribution >= 0.6 is 34.8 Å². The lowest BCUT2D eigenvalue weighted by molar-refractivity contribution is 0.749. The fourth-order valence-corrected chi connectivity index (χ4v) is 3.31. The van der Waals surface area contributed by atoms with Crippen LogP contribution in [0.1, 0.15) is 11.1 Å². The maximum absolute atomic E-state index is 11.8. The van der Waals surface area contributed by atoms with Crippen LogP contribution in [0.25, 0.3) is 5.69 Å². The van der Waals surface area contributed by atoms with Crippen LogP contribution in [-0.2, 0) is 4.87 Å². The second kappa shape index (κ2) is 6.96. The van der Waals surface area contributed by atoms with Gasteiger partial charge in [-0.15, -0.1) is 0 Å². The first kappa shape index (κ1) is 18.2. The van der Waals surface area contributed by atoms with Gasteiger partial charge in [0.1, 0.15) is 6.20 Å². The number of aromatic amines is 1. The molecule has 0 radical (unpaired) electrons. The molecule has 3 rings (SSSR count). The molecule has 1 aromatic heterocycles. The molecule has 0 saturated carbocycles. The average Bonchev–Trinajstić information content (AvgIpc) is 2.61. The van der Waals surface area contributed by atoms with Gasteiger partial charge in [0.15, 0.2) is 4.87 Å². The fourth-order valence-electron chi connectivity index (χ4n) is 2.42. The maximum Gasteiger partial charge on any atom is 0.349 e. The van der Waals surface area contributed by atoms with Crippen molar-refractivity contribution in [1.82, 2.24) is 14.8 Å². The zero-order chi connectivity index (χ0) is 18.9. The summed E-state index contributed by atoms with van der Waals surface area (Å²) in [4.78, 5) is 23.5. The molecule has 0 aliphatic rings. The Hall–Kier alpha value is -2.59.